The number of amides is 8. The molecule has 8 amide bonds. The van der Waals surface area contributed by atoms with Gasteiger partial charge in [0.15, 0.2) is 11.6 Å². The average molecular weight is 1250 g/mol. The molecule has 0 fully saturated rings. The Morgan fingerprint density at radius 1 is 0.711 bits per heavy atom. The molecule has 0 saturated carbocycles. The van der Waals surface area contributed by atoms with Crippen molar-refractivity contribution in [3.8, 4) is 28.4 Å². The maximum atomic E-state index is 13.9. The summed E-state index contributed by atoms with van der Waals surface area (Å²) in [6.45, 7) is 8.48. The van der Waals surface area contributed by atoms with Crippen molar-refractivity contribution in [1.29, 1.82) is 0 Å². The van der Waals surface area contributed by atoms with Crippen LogP contribution in [0.2, 0.25) is 0 Å². The van der Waals surface area contributed by atoms with Gasteiger partial charge in [0.1, 0.15) is 30.3 Å². The number of hydrogen-bond acceptors (Lipinski definition) is 17. The number of ether oxygens (including phenoxy) is 6. The number of nitrogens with zero attached hydrogens (tertiary/aromatic N) is 4. The van der Waals surface area contributed by atoms with Crippen molar-refractivity contribution in [3.05, 3.63) is 132 Å². The molecule has 0 aliphatic carbocycles. The lowest BCUT2D eigenvalue weighted by atomic mass is 10.0. The minimum Gasteiger partial charge on any atom is -0.492 e. The molecule has 0 spiro atoms. The first-order chi connectivity index (χ1) is 43.5. The number of carbonyl (C=O) groups excluding carboxylic acids is 7. The number of unbranched alkanes of at least 4 members (excludes halogenated alkanes) is 1. The predicted molar refractivity (Wildman–Crippen MR) is 328 cm³/mol. The average Bonchev–Trinajstić information content (AvgIpc) is 1.82. The quantitative estimate of drug-likeness (QED) is 0.0154. The van der Waals surface area contributed by atoms with E-state index in [0.717, 1.165) is 39.2 Å². The second kappa shape index (κ2) is 35.5. The van der Waals surface area contributed by atoms with Crippen LogP contribution in [0.3, 0.4) is 0 Å². The van der Waals surface area contributed by atoms with Crippen LogP contribution in [0.25, 0.3) is 33.5 Å². The molecule has 9 N–H and O–H groups in total. The molecule has 7 rings (SSSR count). The van der Waals surface area contributed by atoms with Gasteiger partial charge < -0.3 is 71.0 Å². The number of imidazole rings is 1. The van der Waals surface area contributed by atoms with Gasteiger partial charge in [-0.1, -0.05) is 38.1 Å². The molecule has 2 atom stereocenters. The number of carbonyl (C=O) groups is 7. The zero-order chi connectivity index (χ0) is 64.2. The zero-order valence-electron chi connectivity index (χ0n) is 50.4. The van der Waals surface area contributed by atoms with E-state index in [2.05, 4.69) is 41.9 Å². The van der Waals surface area contributed by atoms with Crippen LogP contribution in [-0.4, -0.2) is 158 Å². The second-order valence-electron chi connectivity index (χ2n) is 21.0. The molecular weight excluding hydrogens is 1170 g/mol. The first-order valence-corrected chi connectivity index (χ1v) is 29.5. The highest BCUT2D eigenvalue weighted by molar-refractivity contribution is 6.12. The molecule has 27 heteroatoms. The van der Waals surface area contributed by atoms with Gasteiger partial charge in [-0.2, -0.15) is 0 Å². The number of H-pyrrole nitrogens is 1. The van der Waals surface area contributed by atoms with E-state index in [9.17, 15) is 42.3 Å². The number of aryl methyl sites for hydroxylation is 1. The first-order valence-electron chi connectivity index (χ1n) is 29.5. The molecule has 1 aliphatic rings. The highest BCUT2D eigenvalue weighted by atomic mass is 19.2. The number of primary amides is 1. The van der Waals surface area contributed by atoms with E-state index in [1.165, 1.54) is 18.2 Å². The molecule has 4 heterocycles. The van der Waals surface area contributed by atoms with Gasteiger partial charge in [-0.25, -0.2) is 23.4 Å². The first kappa shape index (κ1) is 68.1. The van der Waals surface area contributed by atoms with Crippen LogP contribution in [0, 0.1) is 24.5 Å². The number of nitrogens with two attached hydrogens (primary N) is 1. The van der Waals surface area contributed by atoms with Crippen LogP contribution >= 0.6 is 0 Å². The van der Waals surface area contributed by atoms with Gasteiger partial charge in [-0.05, 0) is 98.7 Å². The minimum absolute atomic E-state index is 0.0405. The molecule has 0 saturated heterocycles. The number of hydrogen-bond donors (Lipinski definition) is 8. The van der Waals surface area contributed by atoms with Crippen molar-refractivity contribution in [2.75, 3.05) is 89.7 Å². The third kappa shape index (κ3) is 22.3. The number of fused-ring (bicyclic) bond motifs is 1. The Bertz CT molecular complexity index is 3410. The number of nitrogens with one attached hydrogen (secondary N) is 7. The van der Waals surface area contributed by atoms with Gasteiger partial charge in [0, 0.05) is 65.7 Å². The summed E-state index contributed by atoms with van der Waals surface area (Å²) in [6, 6.07) is 20.8. The largest absolute Gasteiger partial charge is 0.492 e. The van der Waals surface area contributed by atoms with Gasteiger partial charge >= 0.3 is 12.1 Å². The summed E-state index contributed by atoms with van der Waals surface area (Å²) in [7, 11) is 0. The molecule has 6 aromatic rings. The van der Waals surface area contributed by atoms with E-state index in [1.54, 1.807) is 44.3 Å². The lowest BCUT2D eigenvalue weighted by Gasteiger charge is -2.25. The molecule has 3 aromatic carbocycles. The fourth-order valence-corrected chi connectivity index (χ4v) is 9.00. The summed E-state index contributed by atoms with van der Waals surface area (Å²) in [6.07, 6.45) is 5.04. The van der Waals surface area contributed by atoms with Crippen LogP contribution in [-0.2, 0) is 60.8 Å². The Morgan fingerprint density at radius 3 is 2.11 bits per heavy atom. The monoisotopic (exact) mass is 1250 g/mol. The number of halogens is 2. The third-order valence-corrected chi connectivity index (χ3v) is 13.7. The van der Waals surface area contributed by atoms with Crippen molar-refractivity contribution in [2.45, 2.75) is 78.1 Å². The molecule has 480 valence electrons. The fourth-order valence-electron chi connectivity index (χ4n) is 9.00. The van der Waals surface area contributed by atoms with Crippen LogP contribution in [0.1, 0.15) is 63.0 Å². The lowest BCUT2D eigenvalue weighted by Crippen LogP contribution is -2.54. The van der Waals surface area contributed by atoms with Crippen LogP contribution < -0.4 is 42.4 Å². The molecule has 25 nitrogen and oxygen atoms in total. The van der Waals surface area contributed by atoms with Crippen LogP contribution in [0.4, 0.5) is 29.7 Å². The smallest absolute Gasteiger partial charge is 0.407 e. The van der Waals surface area contributed by atoms with Crippen molar-refractivity contribution < 1.29 is 70.8 Å². The summed E-state index contributed by atoms with van der Waals surface area (Å²) in [4.78, 5) is 106. The van der Waals surface area contributed by atoms with Gasteiger partial charge in [0.25, 0.3) is 11.8 Å². The lowest BCUT2D eigenvalue weighted by molar-refractivity contribution is -0.137. The maximum Gasteiger partial charge on any atom is 0.407 e. The fraction of sp³-hybridized carbons (Fsp3) is 0.397. The number of alkyl carbamates (subject to hydrolysis) is 1. The van der Waals surface area contributed by atoms with Crippen molar-refractivity contribution in [1.82, 2.24) is 46.1 Å². The Labute approximate surface area is 518 Å². The molecule has 90 heavy (non-hydrogen) atoms. The summed E-state index contributed by atoms with van der Waals surface area (Å²) in [5, 5.41) is 17.4. The topological polar surface area (TPSA) is 331 Å². The molecule has 0 radical (unpaired) electrons. The highest BCUT2D eigenvalue weighted by Crippen LogP contribution is 2.32. The Hall–Kier alpha value is -9.44. The third-order valence-electron chi connectivity index (χ3n) is 13.7. The summed E-state index contributed by atoms with van der Waals surface area (Å²) in [5.41, 5.74) is 11.0. The second-order valence-corrected chi connectivity index (χ2v) is 21.0. The summed E-state index contributed by atoms with van der Waals surface area (Å²) >= 11 is 0. The number of rotatable bonds is 38. The number of benzene rings is 3. The number of imide groups is 1. The minimum atomic E-state index is -1.07. The van der Waals surface area contributed by atoms with Gasteiger partial charge in [-0.3, -0.25) is 38.8 Å². The predicted octanol–water partition coefficient (Wildman–Crippen LogP) is 6.37. The Kier molecular flexibility index (Phi) is 26.9. The van der Waals surface area contributed by atoms with E-state index in [1.807, 2.05) is 49.4 Å². The van der Waals surface area contributed by atoms with E-state index in [4.69, 9.17) is 44.1 Å². The van der Waals surface area contributed by atoms with E-state index >= 15 is 0 Å². The van der Waals surface area contributed by atoms with Gasteiger partial charge in [0.05, 0.1) is 101 Å². The van der Waals surface area contributed by atoms with Crippen molar-refractivity contribution >= 4 is 63.9 Å². The van der Waals surface area contributed by atoms with Crippen molar-refractivity contribution in [2.24, 2.45) is 11.7 Å². The van der Waals surface area contributed by atoms with Crippen molar-refractivity contribution in [3.63, 3.8) is 0 Å². The number of urea groups is 1. The molecule has 1 aliphatic heterocycles. The highest BCUT2D eigenvalue weighted by Gasteiger charge is 2.29. The molecule has 3 aromatic heterocycles. The zero-order valence-corrected chi connectivity index (χ0v) is 50.4. The molecular formula is C63H76F2N12O13. The van der Waals surface area contributed by atoms with E-state index < -0.39 is 53.6 Å². The number of anilines is 2. The SMILES string of the molecule is Cc1cccc(-c2[nH]c(CNc3ccc(F)c(F)c3)nc2-c2ccc3ncc(OCCCCNC(=O)OCc4ccc(NC(=O)[C@H](CCCNC(N)=O)NC(=O)[C@@H](NC(=O)CCOCCOCCOCCOCCN5C(=O)C=CC5=O)C(C)C)cc4)cc3c2)n1. The standard InChI is InChI=1S/C63H76F2N12O13/c1-40(2)57(76-54(78)21-26-85-28-30-87-32-33-88-31-29-86-27-24-77-55(79)19-20-56(77)80)61(82)73-52(10-7-23-67-62(66)83)60(81)72-45-14-11-42(12-15-45)39-90-63(84)68-22-4-5-25-89-47-35-44-34-43(13-18-50(44)70-37-47)58-59(51-9-6-8-41(3)71-51)75-53(74-58)38-69-46-16-17-48(64)49(65)36-46/h6,8-9,11-20,34-37,40,52,57,69H,4-5,7,10,21-33,38-39H2,1-3H3,(H,68,84)(H,72,81)(H,73,82)(H,74,75)(H,76,78)(H3,66,67,83)/t52-,57-/m0/s1. The summed E-state index contributed by atoms with van der Waals surface area (Å²) < 4.78 is 60.8. The normalized spacial score (nSPS) is 12.7. The van der Waals surface area contributed by atoms with Gasteiger partial charge in [-0.15, -0.1) is 0 Å². The van der Waals surface area contributed by atoms with E-state index in [-0.39, 0.29) is 96.3 Å². The molecule has 0 unspecified atom stereocenters. The number of aromatic nitrogens is 4. The van der Waals surface area contributed by atoms with E-state index in [0.29, 0.717) is 91.4 Å². The molecule has 0 bridgehead atoms. The van der Waals surface area contributed by atoms with Crippen LogP contribution in [0.15, 0.2) is 103 Å². The number of pyridine rings is 2. The Morgan fingerprint density at radius 2 is 1.41 bits per heavy atom. The van der Waals surface area contributed by atoms with Crippen LogP contribution in [0.5, 0.6) is 5.75 Å². The van der Waals surface area contributed by atoms with Gasteiger partial charge in [0.2, 0.25) is 17.7 Å². The maximum absolute atomic E-state index is 13.9. The summed E-state index contributed by atoms with van der Waals surface area (Å²) in [5.74, 6) is -3.42. The Balaban J connectivity index is 0.783. The number of aromatic amines is 1.